The third-order valence-corrected chi connectivity index (χ3v) is 9.40. The van der Waals surface area contributed by atoms with Gasteiger partial charge in [-0.25, -0.2) is 0 Å². The molecule has 55 heavy (non-hydrogen) atoms. The van der Waals surface area contributed by atoms with Crippen LogP contribution < -0.4 is 19.6 Å². The van der Waals surface area contributed by atoms with Crippen LogP contribution in [0.3, 0.4) is 0 Å². The molecule has 0 bridgehead atoms. The van der Waals surface area contributed by atoms with Crippen LogP contribution in [0.5, 0.6) is 28.7 Å². The molecular formula is C33H40O22. The lowest BCUT2D eigenvalue weighted by Gasteiger charge is -2.39. The minimum absolute atomic E-state index is 0.183. The van der Waals surface area contributed by atoms with Crippen LogP contribution in [0.4, 0.5) is 0 Å². The Balaban J connectivity index is 1.41. The maximum atomic E-state index is 14.1. The minimum Gasteiger partial charge on any atom is -0.507 e. The molecule has 0 saturated carbocycles. The molecule has 6 rings (SSSR count). The zero-order chi connectivity index (χ0) is 40.0. The van der Waals surface area contributed by atoms with Crippen molar-refractivity contribution in [3.8, 4) is 40.1 Å². The first-order valence-electron chi connectivity index (χ1n) is 16.7. The highest BCUT2D eigenvalue weighted by molar-refractivity contribution is 5.88. The highest BCUT2D eigenvalue weighted by Crippen LogP contribution is 2.41. The van der Waals surface area contributed by atoms with Crippen molar-refractivity contribution < 1.29 is 104 Å². The lowest BCUT2D eigenvalue weighted by molar-refractivity contribution is -0.277. The Labute approximate surface area is 307 Å². The summed E-state index contributed by atoms with van der Waals surface area (Å²) in [7, 11) is 0. The van der Waals surface area contributed by atoms with E-state index in [1.165, 1.54) is 6.07 Å². The molecule has 304 valence electrons. The van der Waals surface area contributed by atoms with Crippen molar-refractivity contribution in [3.63, 3.8) is 0 Å². The Morgan fingerprint density at radius 3 is 1.49 bits per heavy atom. The van der Waals surface area contributed by atoms with Gasteiger partial charge in [0.2, 0.25) is 30.0 Å². The topological polar surface area (TPSA) is 369 Å². The highest BCUT2D eigenvalue weighted by atomic mass is 16.7. The maximum Gasteiger partial charge on any atom is 0.239 e. The molecule has 0 aliphatic carbocycles. The molecule has 0 amide bonds. The molecule has 3 aromatic rings. The van der Waals surface area contributed by atoms with Crippen LogP contribution in [0.2, 0.25) is 0 Å². The van der Waals surface area contributed by atoms with Gasteiger partial charge in [-0.1, -0.05) is 0 Å². The zero-order valence-electron chi connectivity index (χ0n) is 28.2. The predicted octanol–water partition coefficient (Wildman–Crippen LogP) is -5.59. The number of aliphatic hydroxyl groups is 12. The number of fused-ring (bicyclic) bond motifs is 1. The van der Waals surface area contributed by atoms with Gasteiger partial charge in [-0.05, 0) is 18.2 Å². The zero-order valence-corrected chi connectivity index (χ0v) is 28.2. The summed E-state index contributed by atoms with van der Waals surface area (Å²) >= 11 is 0. The average Bonchev–Trinajstić information content (AvgIpc) is 3.16. The van der Waals surface area contributed by atoms with Crippen LogP contribution in [0, 0.1) is 0 Å². The van der Waals surface area contributed by atoms with Crippen molar-refractivity contribution in [2.75, 3.05) is 19.8 Å². The summed E-state index contributed by atoms with van der Waals surface area (Å²) in [6.45, 7) is -2.40. The third-order valence-electron chi connectivity index (χ3n) is 9.40. The fourth-order valence-electron chi connectivity index (χ4n) is 6.25. The van der Waals surface area contributed by atoms with Crippen LogP contribution in [-0.2, 0) is 14.2 Å². The molecule has 0 radical (unpaired) electrons. The van der Waals surface area contributed by atoms with Gasteiger partial charge < -0.3 is 104 Å². The Bertz CT molecular complexity index is 1870. The first-order chi connectivity index (χ1) is 26.1. The van der Waals surface area contributed by atoms with E-state index in [0.29, 0.717) is 0 Å². The average molecular weight is 789 g/mol. The minimum atomic E-state index is -2.02. The molecule has 1 aromatic heterocycles. The Kier molecular flexibility index (Phi) is 12.0. The van der Waals surface area contributed by atoms with E-state index in [0.717, 1.165) is 24.3 Å². The summed E-state index contributed by atoms with van der Waals surface area (Å²) in [5.74, 6) is -3.61. The normalized spacial score (nSPS) is 36.8. The number of benzene rings is 2. The van der Waals surface area contributed by atoms with E-state index >= 15 is 0 Å². The first kappa shape index (κ1) is 40.7. The summed E-state index contributed by atoms with van der Waals surface area (Å²) in [6.07, 6.45) is -26.1. The molecule has 4 heterocycles. The van der Waals surface area contributed by atoms with Crippen molar-refractivity contribution in [2.45, 2.75) is 92.1 Å². The largest absolute Gasteiger partial charge is 0.507 e. The van der Waals surface area contributed by atoms with Crippen LogP contribution in [-0.4, -0.2) is 183 Å². The lowest BCUT2D eigenvalue weighted by atomic mass is 9.99. The fraction of sp³-hybridized carbons (Fsp3) is 0.545. The van der Waals surface area contributed by atoms with Gasteiger partial charge in [0, 0.05) is 17.7 Å². The van der Waals surface area contributed by atoms with E-state index in [9.17, 15) is 76.3 Å². The number of ether oxygens (including phenoxy) is 6. The predicted molar refractivity (Wildman–Crippen MR) is 174 cm³/mol. The van der Waals surface area contributed by atoms with E-state index in [1.54, 1.807) is 0 Å². The second-order valence-corrected chi connectivity index (χ2v) is 13.0. The monoisotopic (exact) mass is 788 g/mol. The van der Waals surface area contributed by atoms with Crippen molar-refractivity contribution >= 4 is 11.0 Å². The molecule has 14 N–H and O–H groups in total. The fourth-order valence-corrected chi connectivity index (χ4v) is 6.25. The number of hydrogen-bond acceptors (Lipinski definition) is 22. The van der Waals surface area contributed by atoms with Gasteiger partial charge >= 0.3 is 0 Å². The summed E-state index contributed by atoms with van der Waals surface area (Å²) in [5.41, 5.74) is -1.77. The van der Waals surface area contributed by atoms with Crippen molar-refractivity contribution in [2.24, 2.45) is 0 Å². The number of phenolic OH excluding ortho intramolecular Hbond substituents is 2. The third kappa shape index (κ3) is 7.63. The van der Waals surface area contributed by atoms with Gasteiger partial charge in [0.1, 0.15) is 95.7 Å². The van der Waals surface area contributed by atoms with Crippen molar-refractivity contribution in [1.29, 1.82) is 0 Å². The van der Waals surface area contributed by atoms with Crippen molar-refractivity contribution in [1.82, 2.24) is 0 Å². The van der Waals surface area contributed by atoms with Gasteiger partial charge in [0.25, 0.3) is 0 Å². The molecular weight excluding hydrogens is 748 g/mol. The van der Waals surface area contributed by atoms with Gasteiger partial charge in [0.15, 0.2) is 17.3 Å². The van der Waals surface area contributed by atoms with E-state index in [1.807, 2.05) is 0 Å². The Morgan fingerprint density at radius 1 is 0.545 bits per heavy atom. The second kappa shape index (κ2) is 16.3. The molecule has 22 nitrogen and oxygen atoms in total. The first-order valence-corrected chi connectivity index (χ1v) is 16.7. The van der Waals surface area contributed by atoms with Gasteiger partial charge in [-0.3, -0.25) is 4.79 Å². The Morgan fingerprint density at radius 2 is 1.02 bits per heavy atom. The van der Waals surface area contributed by atoms with Gasteiger partial charge in [-0.2, -0.15) is 0 Å². The molecule has 3 aliphatic heterocycles. The number of hydrogen-bond donors (Lipinski definition) is 14. The maximum absolute atomic E-state index is 14.1. The van der Waals surface area contributed by atoms with Crippen LogP contribution in [0.25, 0.3) is 22.3 Å². The van der Waals surface area contributed by atoms with E-state index in [-0.39, 0.29) is 17.1 Å². The number of rotatable bonds is 10. The highest BCUT2D eigenvalue weighted by Gasteiger charge is 2.47. The molecule has 3 aliphatic rings. The number of aromatic hydroxyl groups is 2. The smallest absolute Gasteiger partial charge is 0.239 e. The molecule has 15 atom stereocenters. The van der Waals surface area contributed by atoms with E-state index < -0.39 is 151 Å². The summed E-state index contributed by atoms with van der Waals surface area (Å²) in [6, 6.07) is 5.14. The van der Waals surface area contributed by atoms with Crippen LogP contribution in [0.15, 0.2) is 39.5 Å². The Hall–Kier alpha value is -3.95. The molecule has 22 heteroatoms. The molecule has 3 unspecified atom stereocenters. The lowest BCUT2D eigenvalue weighted by Crippen LogP contribution is -2.60. The molecule has 0 spiro atoms. The number of aliphatic hydroxyl groups excluding tert-OH is 12. The SMILES string of the molecule is O=c1c(OC2O[C@H](CO)[C@@H](O)[C@H](O)[C@H]2O)c(-c2ccc(OC3O[C@H](CO)[C@@H](O)[C@H](O)[C@H]3O)c(O)c2)oc2cc(OC3O[C@H](CO)[C@@H](O)[C@H](O)[C@H]3O)cc(O)c12. The van der Waals surface area contributed by atoms with Gasteiger partial charge in [0.05, 0.1) is 19.8 Å². The van der Waals surface area contributed by atoms with E-state index in [4.69, 9.17) is 32.8 Å². The van der Waals surface area contributed by atoms with Crippen molar-refractivity contribution in [3.05, 3.63) is 40.6 Å². The number of phenols is 2. The summed E-state index contributed by atoms with van der Waals surface area (Å²) in [4.78, 5) is 14.1. The molecule has 3 saturated heterocycles. The summed E-state index contributed by atoms with van der Waals surface area (Å²) in [5, 5.41) is 143. The summed E-state index contributed by atoms with van der Waals surface area (Å²) < 4.78 is 38.8. The molecule has 3 fully saturated rings. The van der Waals surface area contributed by atoms with E-state index in [2.05, 4.69) is 0 Å². The van der Waals surface area contributed by atoms with Crippen LogP contribution >= 0.6 is 0 Å². The second-order valence-electron chi connectivity index (χ2n) is 13.0. The standard InChI is InChI=1S/C33H40O22/c34-6-15-19(39)23(43)26(46)31(52-15)49-10-4-12(38)18-14(5-10)50-29(30(22(18)42)55-33-28(48)25(45)21(41)17(8-36)54-33)9-1-2-13(11(37)3-9)51-32-27(47)24(44)20(40)16(7-35)53-32/h1-5,15-17,19-21,23-28,31-41,43-48H,6-8H2/t15-,16-,17-,19-,20-,21-,23+,24+,25+,26-,27-,28-,31?,32?,33?/m1/s1. The molecule has 2 aromatic carbocycles. The quantitative estimate of drug-likeness (QED) is 0.0910. The van der Waals surface area contributed by atoms with Gasteiger partial charge in [-0.15, -0.1) is 0 Å². The van der Waals surface area contributed by atoms with Crippen LogP contribution in [0.1, 0.15) is 0 Å².